The van der Waals surface area contributed by atoms with Gasteiger partial charge in [-0.15, -0.1) is 0 Å². The van der Waals surface area contributed by atoms with Crippen molar-refractivity contribution in [1.29, 1.82) is 0 Å². The lowest BCUT2D eigenvalue weighted by atomic mass is 9.84. The van der Waals surface area contributed by atoms with Crippen molar-refractivity contribution in [2.75, 3.05) is 20.3 Å². The van der Waals surface area contributed by atoms with Gasteiger partial charge >= 0.3 is 5.97 Å². The number of methoxy groups -OCH3 is 1. The van der Waals surface area contributed by atoms with E-state index in [0.29, 0.717) is 5.75 Å². The standard InChI is InChI=1S/C18H21NO6/c1-4-19-14(20)10-13(17(19)22)15(18(23)25-5-2)16(21)11-6-8-12(24-3)9-7-11/h6-9,13,15H,4-5,10H2,1-3H3/t13-,15?/m1/s1. The molecular weight excluding hydrogens is 326 g/mol. The summed E-state index contributed by atoms with van der Waals surface area (Å²) in [6.45, 7) is 3.58. The SMILES string of the molecule is CCOC(=O)C(C(=O)c1ccc(OC)cc1)[C@H]1CC(=O)N(CC)C1=O. The minimum Gasteiger partial charge on any atom is -0.497 e. The zero-order valence-corrected chi connectivity index (χ0v) is 14.5. The van der Waals surface area contributed by atoms with Crippen molar-refractivity contribution >= 4 is 23.6 Å². The number of rotatable bonds is 7. The smallest absolute Gasteiger partial charge is 0.317 e. The Morgan fingerprint density at radius 1 is 1.20 bits per heavy atom. The zero-order chi connectivity index (χ0) is 18.6. The summed E-state index contributed by atoms with van der Waals surface area (Å²) in [5.41, 5.74) is 0.258. The molecule has 2 atom stereocenters. The summed E-state index contributed by atoms with van der Waals surface area (Å²) < 4.78 is 10.0. The van der Waals surface area contributed by atoms with E-state index in [-0.39, 0.29) is 31.0 Å². The van der Waals surface area contributed by atoms with Gasteiger partial charge in [0.1, 0.15) is 11.7 Å². The normalized spacial score (nSPS) is 18.2. The van der Waals surface area contributed by atoms with Crippen molar-refractivity contribution in [3.05, 3.63) is 29.8 Å². The van der Waals surface area contributed by atoms with Crippen LogP contribution in [0, 0.1) is 11.8 Å². The minimum atomic E-state index is -1.33. The van der Waals surface area contributed by atoms with Crippen LogP contribution >= 0.6 is 0 Å². The van der Waals surface area contributed by atoms with Crippen LogP contribution in [0.5, 0.6) is 5.75 Å². The Hall–Kier alpha value is -2.70. The number of hydrogen-bond donors (Lipinski definition) is 0. The van der Waals surface area contributed by atoms with Crippen LogP contribution in [0.25, 0.3) is 0 Å². The molecule has 2 amide bonds. The monoisotopic (exact) mass is 347 g/mol. The van der Waals surface area contributed by atoms with E-state index in [2.05, 4.69) is 0 Å². The van der Waals surface area contributed by atoms with Crippen molar-refractivity contribution in [2.45, 2.75) is 20.3 Å². The predicted octanol–water partition coefficient (Wildman–Crippen LogP) is 1.45. The van der Waals surface area contributed by atoms with Gasteiger partial charge in [-0.1, -0.05) is 0 Å². The molecule has 1 heterocycles. The van der Waals surface area contributed by atoms with Gasteiger partial charge in [0.05, 0.1) is 19.6 Å². The maximum Gasteiger partial charge on any atom is 0.317 e. The Balaban J connectivity index is 2.35. The molecule has 1 aliphatic heterocycles. The molecule has 0 radical (unpaired) electrons. The summed E-state index contributed by atoms with van der Waals surface area (Å²) in [5, 5.41) is 0. The highest BCUT2D eigenvalue weighted by atomic mass is 16.5. The number of Topliss-reactive ketones (excluding diaryl/α,β-unsaturated/α-hetero) is 1. The molecule has 1 unspecified atom stereocenters. The molecule has 1 aromatic rings. The number of ketones is 1. The summed E-state index contributed by atoms with van der Waals surface area (Å²) in [4.78, 5) is 50.7. The molecule has 134 valence electrons. The molecule has 0 N–H and O–H groups in total. The first-order valence-electron chi connectivity index (χ1n) is 8.13. The third-order valence-electron chi connectivity index (χ3n) is 4.19. The second-order valence-corrected chi connectivity index (χ2v) is 5.61. The van der Waals surface area contributed by atoms with Gasteiger partial charge in [0.15, 0.2) is 5.78 Å². The predicted molar refractivity (Wildman–Crippen MR) is 87.9 cm³/mol. The number of likely N-dealkylation sites (tertiary alicyclic amines) is 1. The quantitative estimate of drug-likeness (QED) is 0.321. The van der Waals surface area contributed by atoms with Crippen molar-refractivity contribution in [3.8, 4) is 5.75 Å². The highest BCUT2D eigenvalue weighted by Crippen LogP contribution is 2.30. The molecule has 2 rings (SSSR count). The highest BCUT2D eigenvalue weighted by molar-refractivity contribution is 6.14. The topological polar surface area (TPSA) is 90.0 Å². The molecule has 1 aromatic carbocycles. The fourth-order valence-corrected chi connectivity index (χ4v) is 2.92. The van der Waals surface area contributed by atoms with E-state index < -0.39 is 29.5 Å². The third kappa shape index (κ3) is 3.70. The first-order chi connectivity index (χ1) is 11.9. The van der Waals surface area contributed by atoms with E-state index in [1.54, 1.807) is 26.0 Å². The molecule has 0 aliphatic carbocycles. The van der Waals surface area contributed by atoms with Crippen LogP contribution in [0.4, 0.5) is 0 Å². The summed E-state index contributed by atoms with van der Waals surface area (Å²) in [6.07, 6.45) is -0.169. The van der Waals surface area contributed by atoms with E-state index in [0.717, 1.165) is 4.90 Å². The Morgan fingerprint density at radius 2 is 1.84 bits per heavy atom. The van der Waals surface area contributed by atoms with Crippen molar-refractivity contribution in [1.82, 2.24) is 4.90 Å². The summed E-state index contributed by atoms with van der Waals surface area (Å²) in [5.74, 6) is -4.00. The van der Waals surface area contributed by atoms with E-state index in [1.807, 2.05) is 0 Å². The molecule has 0 aromatic heterocycles. The van der Waals surface area contributed by atoms with Crippen LogP contribution in [0.1, 0.15) is 30.6 Å². The van der Waals surface area contributed by atoms with Gasteiger partial charge < -0.3 is 9.47 Å². The van der Waals surface area contributed by atoms with Gasteiger partial charge in [0, 0.05) is 18.5 Å². The molecule has 0 spiro atoms. The Bertz CT molecular complexity index is 681. The third-order valence-corrected chi connectivity index (χ3v) is 4.19. The number of benzene rings is 1. The largest absolute Gasteiger partial charge is 0.497 e. The van der Waals surface area contributed by atoms with Gasteiger partial charge in [-0.25, -0.2) is 0 Å². The zero-order valence-electron chi connectivity index (χ0n) is 14.5. The summed E-state index contributed by atoms with van der Waals surface area (Å²) in [7, 11) is 1.50. The van der Waals surface area contributed by atoms with Crippen molar-refractivity contribution in [2.24, 2.45) is 11.8 Å². The number of esters is 1. The number of ether oxygens (including phenoxy) is 2. The molecule has 0 bridgehead atoms. The number of hydrogen-bond acceptors (Lipinski definition) is 6. The Morgan fingerprint density at radius 3 is 2.32 bits per heavy atom. The molecule has 0 saturated carbocycles. The minimum absolute atomic E-state index is 0.0809. The van der Waals surface area contributed by atoms with Crippen LogP contribution < -0.4 is 4.74 Å². The van der Waals surface area contributed by atoms with E-state index in [4.69, 9.17) is 9.47 Å². The van der Waals surface area contributed by atoms with Gasteiger partial charge in [-0.2, -0.15) is 0 Å². The molecule has 25 heavy (non-hydrogen) atoms. The molecule has 1 fully saturated rings. The Labute approximate surface area is 145 Å². The van der Waals surface area contributed by atoms with Crippen LogP contribution in [0.15, 0.2) is 24.3 Å². The maximum absolute atomic E-state index is 12.9. The van der Waals surface area contributed by atoms with Crippen LogP contribution in [-0.4, -0.2) is 48.7 Å². The van der Waals surface area contributed by atoms with Gasteiger partial charge in [0.25, 0.3) is 0 Å². The number of amides is 2. The van der Waals surface area contributed by atoms with Crippen LogP contribution in [0.3, 0.4) is 0 Å². The lowest BCUT2D eigenvalue weighted by Gasteiger charge is -2.20. The average Bonchev–Trinajstić information content (AvgIpc) is 2.89. The first-order valence-corrected chi connectivity index (χ1v) is 8.13. The number of carbonyl (C=O) groups is 4. The fraction of sp³-hybridized carbons (Fsp3) is 0.444. The van der Waals surface area contributed by atoms with E-state index in [1.165, 1.54) is 19.2 Å². The molecular formula is C18H21NO6. The summed E-state index contributed by atoms with van der Waals surface area (Å²) in [6, 6.07) is 6.23. The lowest BCUT2D eigenvalue weighted by Crippen LogP contribution is -2.38. The lowest BCUT2D eigenvalue weighted by molar-refractivity contribution is -0.151. The average molecular weight is 347 g/mol. The van der Waals surface area contributed by atoms with Crippen molar-refractivity contribution in [3.63, 3.8) is 0 Å². The molecule has 1 aliphatic rings. The summed E-state index contributed by atoms with van der Waals surface area (Å²) >= 11 is 0. The van der Waals surface area contributed by atoms with Gasteiger partial charge in [-0.3, -0.25) is 24.1 Å². The van der Waals surface area contributed by atoms with Crippen molar-refractivity contribution < 1.29 is 28.7 Å². The van der Waals surface area contributed by atoms with Gasteiger partial charge in [-0.05, 0) is 38.1 Å². The van der Waals surface area contributed by atoms with Gasteiger partial charge in [0.2, 0.25) is 11.8 Å². The number of nitrogens with zero attached hydrogens (tertiary/aromatic N) is 1. The Kier molecular flexibility index (Phi) is 5.90. The van der Waals surface area contributed by atoms with E-state index in [9.17, 15) is 19.2 Å². The van der Waals surface area contributed by atoms with E-state index >= 15 is 0 Å². The molecule has 1 saturated heterocycles. The maximum atomic E-state index is 12.9. The number of carbonyl (C=O) groups excluding carboxylic acids is 4. The van der Waals surface area contributed by atoms with Crippen LogP contribution in [0.2, 0.25) is 0 Å². The first kappa shape index (κ1) is 18.6. The number of imide groups is 1. The molecule has 7 nitrogen and oxygen atoms in total. The molecule has 7 heteroatoms. The second-order valence-electron chi connectivity index (χ2n) is 5.61. The van der Waals surface area contributed by atoms with Crippen LogP contribution in [-0.2, 0) is 19.1 Å². The second kappa shape index (κ2) is 7.92. The fourth-order valence-electron chi connectivity index (χ4n) is 2.92. The highest BCUT2D eigenvalue weighted by Gasteiger charge is 2.48.